The van der Waals surface area contributed by atoms with Crippen LogP contribution in [-0.2, 0) is 13.1 Å². The van der Waals surface area contributed by atoms with Gasteiger partial charge in [0.05, 0.1) is 0 Å². The summed E-state index contributed by atoms with van der Waals surface area (Å²) in [4.78, 5) is 7.02. The van der Waals surface area contributed by atoms with Crippen molar-refractivity contribution in [1.29, 1.82) is 0 Å². The van der Waals surface area contributed by atoms with Crippen LogP contribution in [0.15, 0.2) is 54.7 Å². The highest BCUT2D eigenvalue weighted by molar-refractivity contribution is 5.20. The van der Waals surface area contributed by atoms with Gasteiger partial charge >= 0.3 is 0 Å². The molecule has 0 amide bonds. The summed E-state index contributed by atoms with van der Waals surface area (Å²) < 4.78 is 28.8. The summed E-state index contributed by atoms with van der Waals surface area (Å²) in [5.74, 6) is 1.03. The molecule has 3 nitrogen and oxygen atoms in total. The molecule has 5 heteroatoms. The van der Waals surface area contributed by atoms with Crippen molar-refractivity contribution in [2.75, 3.05) is 13.1 Å². The molecule has 1 saturated heterocycles. The number of halogens is 2. The van der Waals surface area contributed by atoms with Crippen molar-refractivity contribution in [3.05, 3.63) is 89.0 Å². The van der Waals surface area contributed by atoms with Crippen molar-refractivity contribution in [2.45, 2.75) is 32.4 Å². The number of hydrogen-bond donors (Lipinski definition) is 0. The van der Waals surface area contributed by atoms with Crippen LogP contribution in [0, 0.1) is 18.6 Å². The Kier molecular flexibility index (Phi) is 5.03. The third kappa shape index (κ3) is 4.08. The molecule has 0 aliphatic carbocycles. The van der Waals surface area contributed by atoms with Crippen LogP contribution < -0.4 is 0 Å². The first-order valence-electron chi connectivity index (χ1n) is 9.32. The largest absolute Gasteiger partial charge is 0.328 e. The predicted octanol–water partition coefficient (Wildman–Crippen LogP) is 4.51. The molecule has 0 N–H and O–H groups in total. The Morgan fingerprint density at radius 1 is 1.00 bits per heavy atom. The van der Waals surface area contributed by atoms with Crippen molar-refractivity contribution in [1.82, 2.24) is 14.5 Å². The van der Waals surface area contributed by atoms with E-state index in [1.165, 1.54) is 18.2 Å². The van der Waals surface area contributed by atoms with E-state index in [0.29, 0.717) is 12.5 Å². The molecule has 0 radical (unpaired) electrons. The van der Waals surface area contributed by atoms with E-state index in [4.69, 9.17) is 0 Å². The summed E-state index contributed by atoms with van der Waals surface area (Å²) in [5, 5.41) is 0. The molecule has 2 aromatic carbocycles. The lowest BCUT2D eigenvalue weighted by molar-refractivity contribution is 0.324. The second-order valence-corrected chi connectivity index (χ2v) is 7.32. The van der Waals surface area contributed by atoms with Gasteiger partial charge in [-0.05, 0) is 55.3 Å². The fourth-order valence-electron chi connectivity index (χ4n) is 3.86. The smallest absolute Gasteiger partial charge is 0.123 e. The summed E-state index contributed by atoms with van der Waals surface area (Å²) in [7, 11) is 0. The first kappa shape index (κ1) is 17.9. The van der Waals surface area contributed by atoms with E-state index in [0.717, 1.165) is 48.7 Å². The summed E-state index contributed by atoms with van der Waals surface area (Å²) >= 11 is 0. The highest BCUT2D eigenvalue weighted by Gasteiger charge is 2.27. The van der Waals surface area contributed by atoms with Crippen LogP contribution in [0.1, 0.15) is 35.0 Å². The van der Waals surface area contributed by atoms with Crippen molar-refractivity contribution in [3.8, 4) is 0 Å². The van der Waals surface area contributed by atoms with Gasteiger partial charge in [0, 0.05) is 37.4 Å². The van der Waals surface area contributed by atoms with Crippen LogP contribution in [0.2, 0.25) is 0 Å². The van der Waals surface area contributed by atoms with Gasteiger partial charge in [0.1, 0.15) is 17.5 Å². The highest BCUT2D eigenvalue weighted by atomic mass is 19.1. The number of nitrogens with zero attached hydrogens (tertiary/aromatic N) is 3. The van der Waals surface area contributed by atoms with Crippen molar-refractivity contribution < 1.29 is 8.78 Å². The first-order valence-corrected chi connectivity index (χ1v) is 9.32. The molecule has 3 aromatic rings. The summed E-state index contributed by atoms with van der Waals surface area (Å²) in [6.45, 7) is 5.40. The highest BCUT2D eigenvalue weighted by Crippen LogP contribution is 2.28. The molecule has 1 unspecified atom stereocenters. The summed E-state index contributed by atoms with van der Waals surface area (Å²) in [6, 6.07) is 13.5. The Balaban J connectivity index is 1.47. The zero-order chi connectivity index (χ0) is 18.8. The maximum atomic E-state index is 13.4. The molecule has 0 spiro atoms. The van der Waals surface area contributed by atoms with Gasteiger partial charge in [0.15, 0.2) is 0 Å². The number of aromatic nitrogens is 2. The van der Waals surface area contributed by atoms with Crippen LogP contribution in [-0.4, -0.2) is 27.5 Å². The van der Waals surface area contributed by atoms with E-state index in [9.17, 15) is 8.78 Å². The molecular formula is C22H23F2N3. The summed E-state index contributed by atoms with van der Waals surface area (Å²) in [5.41, 5.74) is 3.17. The topological polar surface area (TPSA) is 21.1 Å². The maximum Gasteiger partial charge on any atom is 0.123 e. The van der Waals surface area contributed by atoms with Crippen LogP contribution in [0.5, 0.6) is 0 Å². The molecule has 2 heterocycles. The second-order valence-electron chi connectivity index (χ2n) is 7.32. The number of imidazole rings is 1. The minimum absolute atomic E-state index is 0.186. The van der Waals surface area contributed by atoms with Gasteiger partial charge in [-0.25, -0.2) is 13.8 Å². The fourth-order valence-corrected chi connectivity index (χ4v) is 3.86. The number of rotatable bonds is 5. The molecule has 27 heavy (non-hydrogen) atoms. The third-order valence-corrected chi connectivity index (χ3v) is 5.27. The van der Waals surface area contributed by atoms with Gasteiger partial charge in [0.25, 0.3) is 0 Å². The minimum atomic E-state index is -0.217. The molecule has 1 aliphatic heterocycles. The van der Waals surface area contributed by atoms with Crippen molar-refractivity contribution in [3.63, 3.8) is 0 Å². The molecule has 1 aromatic heterocycles. The van der Waals surface area contributed by atoms with Gasteiger partial charge in [0.2, 0.25) is 0 Å². The van der Waals surface area contributed by atoms with E-state index >= 15 is 0 Å². The van der Waals surface area contributed by atoms with E-state index in [2.05, 4.69) is 21.4 Å². The number of hydrogen-bond acceptors (Lipinski definition) is 2. The lowest BCUT2D eigenvalue weighted by Gasteiger charge is -2.17. The molecule has 4 rings (SSSR count). The zero-order valence-electron chi connectivity index (χ0n) is 15.4. The van der Waals surface area contributed by atoms with Crippen LogP contribution >= 0.6 is 0 Å². The van der Waals surface area contributed by atoms with Gasteiger partial charge in [-0.3, -0.25) is 4.90 Å². The van der Waals surface area contributed by atoms with Gasteiger partial charge in [-0.2, -0.15) is 0 Å². The maximum absolute atomic E-state index is 13.4. The standard InChI is InChI=1S/C22H23F2N3/c1-16-12-25-22(27(16)14-17-5-7-20(23)8-6-17)19-9-10-26(15-19)13-18-3-2-4-21(24)11-18/h2-8,11-12,19H,9-10,13-15H2,1H3. The number of likely N-dealkylation sites (tertiary alicyclic amines) is 1. The quantitative estimate of drug-likeness (QED) is 0.662. The number of benzene rings is 2. The monoisotopic (exact) mass is 367 g/mol. The lowest BCUT2D eigenvalue weighted by atomic mass is 10.1. The minimum Gasteiger partial charge on any atom is -0.328 e. The molecule has 0 bridgehead atoms. The van der Waals surface area contributed by atoms with Crippen molar-refractivity contribution >= 4 is 0 Å². The number of aryl methyl sites for hydroxylation is 1. The third-order valence-electron chi connectivity index (χ3n) is 5.27. The molecular weight excluding hydrogens is 344 g/mol. The zero-order valence-corrected chi connectivity index (χ0v) is 15.4. The van der Waals surface area contributed by atoms with E-state index in [1.54, 1.807) is 12.1 Å². The Morgan fingerprint density at radius 2 is 1.81 bits per heavy atom. The average molecular weight is 367 g/mol. The molecule has 140 valence electrons. The Morgan fingerprint density at radius 3 is 2.59 bits per heavy atom. The van der Waals surface area contributed by atoms with Gasteiger partial charge in [-0.1, -0.05) is 24.3 Å². The van der Waals surface area contributed by atoms with E-state index < -0.39 is 0 Å². The summed E-state index contributed by atoms with van der Waals surface area (Å²) in [6.07, 6.45) is 2.95. The molecule has 1 aliphatic rings. The van der Waals surface area contributed by atoms with E-state index in [1.807, 2.05) is 24.4 Å². The average Bonchev–Trinajstić information content (AvgIpc) is 3.24. The van der Waals surface area contributed by atoms with Gasteiger partial charge < -0.3 is 4.57 Å². The fraction of sp³-hybridized carbons (Fsp3) is 0.318. The van der Waals surface area contributed by atoms with Crippen molar-refractivity contribution in [2.24, 2.45) is 0 Å². The van der Waals surface area contributed by atoms with Crippen LogP contribution in [0.4, 0.5) is 8.78 Å². The Bertz CT molecular complexity index is 918. The Labute approximate surface area is 158 Å². The van der Waals surface area contributed by atoms with Gasteiger partial charge in [-0.15, -0.1) is 0 Å². The molecule has 0 saturated carbocycles. The lowest BCUT2D eigenvalue weighted by Crippen LogP contribution is -2.21. The molecule has 1 atom stereocenters. The molecule has 1 fully saturated rings. The SMILES string of the molecule is Cc1cnc(C2CCN(Cc3cccc(F)c3)C2)n1Cc1ccc(F)cc1. The Hall–Kier alpha value is -2.53. The van der Waals surface area contributed by atoms with Crippen LogP contribution in [0.25, 0.3) is 0 Å². The second kappa shape index (κ2) is 7.61. The predicted molar refractivity (Wildman–Crippen MR) is 102 cm³/mol. The first-order chi connectivity index (χ1) is 13.1. The van der Waals surface area contributed by atoms with Crippen LogP contribution in [0.3, 0.4) is 0 Å². The normalized spacial score (nSPS) is 17.5. The van der Waals surface area contributed by atoms with E-state index in [-0.39, 0.29) is 11.6 Å².